The summed E-state index contributed by atoms with van der Waals surface area (Å²) >= 11 is 0. The monoisotopic (exact) mass is 347 g/mol. The number of piperidine rings is 1. The molecule has 1 aliphatic heterocycles. The largest absolute Gasteiger partial charge is 0.365 e. The smallest absolute Gasteiger partial charge is 0.108 e. The van der Waals surface area contributed by atoms with Gasteiger partial charge in [-0.05, 0) is 76.5 Å². The summed E-state index contributed by atoms with van der Waals surface area (Å²) in [7, 11) is 0. The predicted octanol–water partition coefficient (Wildman–Crippen LogP) is 5.37. The fourth-order valence-electron chi connectivity index (χ4n) is 4.30. The van der Waals surface area contributed by atoms with Gasteiger partial charge >= 0.3 is 0 Å². The Labute approximate surface area is 157 Å². The Morgan fingerprint density at radius 3 is 2.00 bits per heavy atom. The van der Waals surface area contributed by atoms with E-state index in [0.29, 0.717) is 18.1 Å². The second kappa shape index (κ2) is 8.92. The maximum atomic E-state index is 5.97. The van der Waals surface area contributed by atoms with E-state index in [1.807, 2.05) is 0 Å². The molecule has 0 radical (unpaired) electrons. The van der Waals surface area contributed by atoms with Crippen LogP contribution in [0, 0.1) is 34.5 Å². The Balaban J connectivity index is 1.62. The average molecular weight is 348 g/mol. The van der Waals surface area contributed by atoms with Gasteiger partial charge in [0.05, 0.1) is 6.10 Å². The van der Waals surface area contributed by atoms with Crippen molar-refractivity contribution in [3.05, 3.63) is 0 Å². The van der Waals surface area contributed by atoms with Crippen LogP contribution < -0.4 is 0 Å². The summed E-state index contributed by atoms with van der Waals surface area (Å²) in [4.78, 5) is 2.68. The van der Waals surface area contributed by atoms with Gasteiger partial charge in [-0.15, -0.1) is 0 Å². The molecule has 0 atom stereocenters. The summed E-state index contributed by atoms with van der Waals surface area (Å²) in [6, 6.07) is 0. The minimum absolute atomic E-state index is 0.0821. The van der Waals surface area contributed by atoms with Gasteiger partial charge in [-0.1, -0.05) is 32.6 Å². The van der Waals surface area contributed by atoms with Crippen molar-refractivity contribution in [3.63, 3.8) is 0 Å². The first-order valence-electron chi connectivity index (χ1n) is 10.5. The second-order valence-corrected chi connectivity index (χ2v) is 10.4. The van der Waals surface area contributed by atoms with Crippen LogP contribution in [-0.2, 0) is 4.74 Å². The van der Waals surface area contributed by atoms with Gasteiger partial charge in [-0.2, -0.15) is 0 Å². The van der Waals surface area contributed by atoms with E-state index in [4.69, 9.17) is 4.74 Å². The van der Waals surface area contributed by atoms with E-state index in [9.17, 15) is 0 Å². The van der Waals surface area contributed by atoms with E-state index < -0.39 is 0 Å². The molecule has 0 amide bonds. The summed E-state index contributed by atoms with van der Waals surface area (Å²) in [6.07, 6.45) is 8.49. The molecular formula is C23H41NO. The van der Waals surface area contributed by atoms with Crippen LogP contribution in [-0.4, -0.2) is 37.2 Å². The first kappa shape index (κ1) is 20.8. The van der Waals surface area contributed by atoms with Gasteiger partial charge in [0.25, 0.3) is 0 Å². The first-order chi connectivity index (χ1) is 11.6. The molecule has 0 unspecified atom stereocenters. The Morgan fingerprint density at radius 1 is 0.880 bits per heavy atom. The van der Waals surface area contributed by atoms with Gasteiger partial charge in [-0.3, -0.25) is 0 Å². The average Bonchev–Trinajstić information content (AvgIpc) is 2.52. The van der Waals surface area contributed by atoms with Crippen molar-refractivity contribution in [2.75, 3.05) is 26.2 Å². The van der Waals surface area contributed by atoms with Crippen LogP contribution in [0.25, 0.3) is 0 Å². The van der Waals surface area contributed by atoms with Crippen molar-refractivity contribution in [3.8, 4) is 11.8 Å². The molecule has 0 spiro atoms. The van der Waals surface area contributed by atoms with Crippen molar-refractivity contribution in [2.24, 2.45) is 22.7 Å². The zero-order chi connectivity index (χ0) is 18.5. The molecule has 2 nitrogen and oxygen atoms in total. The summed E-state index contributed by atoms with van der Waals surface area (Å²) < 4.78 is 5.97. The third-order valence-corrected chi connectivity index (χ3v) is 5.98. The maximum Gasteiger partial charge on any atom is 0.108 e. The van der Waals surface area contributed by atoms with Crippen LogP contribution in [0.15, 0.2) is 0 Å². The SMILES string of the molecule is CC(C)(C)C#CCOC1CCN(CC2CCC(C(C)(C)C)CC2)CC1. The summed E-state index contributed by atoms with van der Waals surface area (Å²) in [5.41, 5.74) is 0.579. The van der Waals surface area contributed by atoms with Crippen LogP contribution in [0.2, 0.25) is 0 Å². The lowest BCUT2D eigenvalue weighted by atomic mass is 9.70. The van der Waals surface area contributed by atoms with Crippen LogP contribution >= 0.6 is 0 Å². The van der Waals surface area contributed by atoms with Crippen molar-refractivity contribution in [1.29, 1.82) is 0 Å². The predicted molar refractivity (Wildman–Crippen MR) is 108 cm³/mol. The third kappa shape index (κ3) is 7.71. The molecule has 2 fully saturated rings. The van der Waals surface area contributed by atoms with Crippen molar-refractivity contribution in [2.45, 2.75) is 86.2 Å². The lowest BCUT2D eigenvalue weighted by Gasteiger charge is -2.39. The molecule has 0 aromatic heterocycles. The number of hydrogen-bond acceptors (Lipinski definition) is 2. The normalized spacial score (nSPS) is 27.0. The molecule has 2 aliphatic rings. The van der Waals surface area contributed by atoms with E-state index >= 15 is 0 Å². The zero-order valence-corrected chi connectivity index (χ0v) is 17.7. The van der Waals surface area contributed by atoms with Gasteiger partial charge in [0.1, 0.15) is 6.61 Å². The highest BCUT2D eigenvalue weighted by atomic mass is 16.5. The van der Waals surface area contributed by atoms with Gasteiger partial charge in [0.15, 0.2) is 0 Å². The quantitative estimate of drug-likeness (QED) is 0.634. The first-order valence-corrected chi connectivity index (χ1v) is 10.5. The maximum absolute atomic E-state index is 5.97. The lowest BCUT2D eigenvalue weighted by Crippen LogP contribution is -2.40. The number of nitrogens with zero attached hydrogens (tertiary/aromatic N) is 1. The van der Waals surface area contributed by atoms with Crippen molar-refractivity contribution in [1.82, 2.24) is 4.90 Å². The van der Waals surface area contributed by atoms with Gasteiger partial charge in [0, 0.05) is 25.0 Å². The molecule has 1 aliphatic carbocycles. The minimum Gasteiger partial charge on any atom is -0.365 e. The number of ether oxygens (including phenoxy) is 1. The fraction of sp³-hybridized carbons (Fsp3) is 0.913. The molecule has 1 saturated carbocycles. The standard InChI is InChI=1S/C23H41NO/c1-22(2,3)14-7-17-25-21-12-15-24(16-13-21)18-19-8-10-20(11-9-19)23(4,5)6/h19-21H,8-13,15-18H2,1-6H3. The highest BCUT2D eigenvalue weighted by Gasteiger charge is 2.31. The van der Waals surface area contributed by atoms with E-state index in [2.05, 4.69) is 58.3 Å². The van der Waals surface area contributed by atoms with Gasteiger partial charge in [0.2, 0.25) is 0 Å². The molecular weight excluding hydrogens is 306 g/mol. The van der Waals surface area contributed by atoms with Gasteiger partial charge < -0.3 is 9.64 Å². The molecule has 144 valence electrons. The highest BCUT2D eigenvalue weighted by Crippen LogP contribution is 2.40. The molecule has 1 heterocycles. The molecule has 2 heteroatoms. The lowest BCUT2D eigenvalue weighted by molar-refractivity contribution is 0.0171. The molecule has 0 aromatic rings. The van der Waals surface area contributed by atoms with E-state index in [0.717, 1.165) is 11.8 Å². The van der Waals surface area contributed by atoms with Crippen LogP contribution in [0.5, 0.6) is 0 Å². The topological polar surface area (TPSA) is 12.5 Å². The Morgan fingerprint density at radius 2 is 1.48 bits per heavy atom. The highest BCUT2D eigenvalue weighted by molar-refractivity contribution is 5.07. The Hall–Kier alpha value is -0.520. The van der Waals surface area contributed by atoms with Crippen molar-refractivity contribution < 1.29 is 4.74 Å². The molecule has 0 aromatic carbocycles. The number of hydrogen-bond donors (Lipinski definition) is 0. The molecule has 1 saturated heterocycles. The molecule has 2 rings (SSSR count). The number of rotatable bonds is 4. The zero-order valence-electron chi connectivity index (χ0n) is 17.7. The molecule has 0 N–H and O–H groups in total. The Kier molecular flexibility index (Phi) is 7.41. The second-order valence-electron chi connectivity index (χ2n) is 10.4. The van der Waals surface area contributed by atoms with E-state index in [1.165, 1.54) is 58.2 Å². The molecule has 0 bridgehead atoms. The van der Waals surface area contributed by atoms with Crippen LogP contribution in [0.3, 0.4) is 0 Å². The van der Waals surface area contributed by atoms with E-state index in [-0.39, 0.29) is 5.41 Å². The summed E-state index contributed by atoms with van der Waals surface area (Å²) in [5.74, 6) is 8.29. The summed E-state index contributed by atoms with van der Waals surface area (Å²) in [5, 5.41) is 0. The van der Waals surface area contributed by atoms with Crippen molar-refractivity contribution >= 4 is 0 Å². The van der Waals surface area contributed by atoms with Crippen LogP contribution in [0.1, 0.15) is 80.1 Å². The number of likely N-dealkylation sites (tertiary alicyclic amines) is 1. The minimum atomic E-state index is 0.0821. The fourth-order valence-corrected chi connectivity index (χ4v) is 4.30. The van der Waals surface area contributed by atoms with Gasteiger partial charge in [-0.25, -0.2) is 0 Å². The van der Waals surface area contributed by atoms with Crippen LogP contribution in [0.4, 0.5) is 0 Å². The summed E-state index contributed by atoms with van der Waals surface area (Å²) in [6.45, 7) is 18.0. The van der Waals surface area contributed by atoms with E-state index in [1.54, 1.807) is 0 Å². The third-order valence-electron chi connectivity index (χ3n) is 5.98. The molecule has 25 heavy (non-hydrogen) atoms. The Bertz CT molecular complexity index is 443.